The predicted octanol–water partition coefficient (Wildman–Crippen LogP) is 3.99. The van der Waals surface area contributed by atoms with E-state index in [-0.39, 0.29) is 5.41 Å². The van der Waals surface area contributed by atoms with Crippen molar-refractivity contribution in [1.29, 1.82) is 0 Å². The lowest BCUT2D eigenvalue weighted by Crippen LogP contribution is -2.42. The molecule has 2 nitrogen and oxygen atoms in total. The number of allylic oxidation sites excluding steroid dienone is 1. The van der Waals surface area contributed by atoms with Crippen LogP contribution in [0.25, 0.3) is 5.57 Å². The second-order valence-electron chi connectivity index (χ2n) is 6.18. The fraction of sp³-hybridized carbons (Fsp3) is 0.579. The smallest absolute Gasteiger partial charge is 0.0612 e. The molecule has 2 rings (SSSR count). The highest BCUT2D eigenvalue weighted by Gasteiger charge is 2.42. The summed E-state index contributed by atoms with van der Waals surface area (Å²) in [6.45, 7) is 16.7. The standard InChI is InChI=1S/C19H29NO/c1-7-20-11-19(12-21-8-2)16(6)15(5)18-14(4)13(3)9-10-17(18)19/h9-10,20H,7-8,11-12H2,1-6H3. The molecule has 1 unspecified atom stereocenters. The van der Waals surface area contributed by atoms with Crippen molar-refractivity contribution in [2.24, 2.45) is 0 Å². The predicted molar refractivity (Wildman–Crippen MR) is 90.9 cm³/mol. The molecule has 1 N–H and O–H groups in total. The van der Waals surface area contributed by atoms with Gasteiger partial charge in [0.25, 0.3) is 0 Å². The maximum Gasteiger partial charge on any atom is 0.0612 e. The monoisotopic (exact) mass is 287 g/mol. The lowest BCUT2D eigenvalue weighted by atomic mass is 9.77. The third kappa shape index (κ3) is 2.56. The van der Waals surface area contributed by atoms with Crippen LogP contribution in [0.4, 0.5) is 0 Å². The van der Waals surface area contributed by atoms with Gasteiger partial charge >= 0.3 is 0 Å². The second-order valence-corrected chi connectivity index (χ2v) is 6.18. The van der Waals surface area contributed by atoms with Gasteiger partial charge in [0, 0.05) is 13.2 Å². The highest BCUT2D eigenvalue weighted by Crippen LogP contribution is 2.47. The van der Waals surface area contributed by atoms with Crippen molar-refractivity contribution in [3.63, 3.8) is 0 Å². The SMILES string of the molecule is CCNCC1(COCC)C(C)=C(C)c2c1ccc(C)c2C. The molecule has 21 heavy (non-hydrogen) atoms. The van der Waals surface area contributed by atoms with Gasteiger partial charge in [-0.1, -0.05) is 24.6 Å². The number of fused-ring (bicyclic) bond motifs is 1. The van der Waals surface area contributed by atoms with E-state index >= 15 is 0 Å². The van der Waals surface area contributed by atoms with Crippen LogP contribution in [0.3, 0.4) is 0 Å². The summed E-state index contributed by atoms with van der Waals surface area (Å²) in [6, 6.07) is 4.57. The molecule has 0 aromatic heterocycles. The first-order chi connectivity index (χ1) is 9.99. The van der Waals surface area contributed by atoms with E-state index < -0.39 is 0 Å². The minimum atomic E-state index is -0.0100. The van der Waals surface area contributed by atoms with E-state index in [9.17, 15) is 0 Å². The Balaban J connectivity index is 2.59. The van der Waals surface area contributed by atoms with E-state index in [0.29, 0.717) is 0 Å². The van der Waals surface area contributed by atoms with Crippen LogP contribution >= 0.6 is 0 Å². The van der Waals surface area contributed by atoms with Crippen molar-refractivity contribution in [3.05, 3.63) is 40.0 Å². The van der Waals surface area contributed by atoms with Crippen LogP contribution in [0, 0.1) is 13.8 Å². The van der Waals surface area contributed by atoms with Gasteiger partial charge in [0.1, 0.15) is 0 Å². The number of nitrogens with one attached hydrogen (secondary N) is 1. The summed E-state index contributed by atoms with van der Waals surface area (Å²) in [7, 11) is 0. The Hall–Kier alpha value is -1.12. The van der Waals surface area contributed by atoms with E-state index in [4.69, 9.17) is 4.74 Å². The largest absolute Gasteiger partial charge is 0.380 e. The van der Waals surface area contributed by atoms with Crippen LogP contribution < -0.4 is 5.32 Å². The fourth-order valence-corrected chi connectivity index (χ4v) is 3.53. The zero-order valence-electron chi connectivity index (χ0n) is 14.4. The summed E-state index contributed by atoms with van der Waals surface area (Å²) in [6.07, 6.45) is 0. The summed E-state index contributed by atoms with van der Waals surface area (Å²) in [5.74, 6) is 0. The van der Waals surface area contributed by atoms with E-state index in [1.165, 1.54) is 33.4 Å². The molecule has 0 spiro atoms. The molecular weight excluding hydrogens is 258 g/mol. The number of likely N-dealkylation sites (N-methyl/N-ethyl adjacent to an activating group) is 1. The average molecular weight is 287 g/mol. The van der Waals surface area contributed by atoms with E-state index in [2.05, 4.69) is 59.0 Å². The molecule has 0 radical (unpaired) electrons. The Bertz CT molecular complexity index is 549. The van der Waals surface area contributed by atoms with Crippen LogP contribution in [0.1, 0.15) is 49.9 Å². The quantitative estimate of drug-likeness (QED) is 0.854. The molecule has 116 valence electrons. The Morgan fingerprint density at radius 3 is 2.43 bits per heavy atom. The van der Waals surface area contributed by atoms with Crippen LogP contribution in [-0.2, 0) is 10.2 Å². The van der Waals surface area contributed by atoms with Gasteiger partial charge in [0.2, 0.25) is 0 Å². The average Bonchev–Trinajstić information content (AvgIpc) is 2.69. The zero-order valence-corrected chi connectivity index (χ0v) is 14.4. The first kappa shape index (κ1) is 16.3. The van der Waals surface area contributed by atoms with Gasteiger partial charge in [-0.05, 0) is 69.0 Å². The van der Waals surface area contributed by atoms with Gasteiger partial charge in [0.05, 0.1) is 12.0 Å². The van der Waals surface area contributed by atoms with Crippen LogP contribution in [0.15, 0.2) is 17.7 Å². The van der Waals surface area contributed by atoms with E-state index in [1.807, 2.05) is 0 Å². The first-order valence-electron chi connectivity index (χ1n) is 8.07. The maximum atomic E-state index is 5.89. The van der Waals surface area contributed by atoms with Crippen LogP contribution in [0.2, 0.25) is 0 Å². The molecule has 1 aromatic carbocycles. The lowest BCUT2D eigenvalue weighted by molar-refractivity contribution is 0.106. The van der Waals surface area contributed by atoms with Gasteiger partial charge < -0.3 is 10.1 Å². The summed E-state index contributed by atoms with van der Waals surface area (Å²) < 4.78 is 5.89. The maximum absolute atomic E-state index is 5.89. The molecule has 0 saturated carbocycles. The molecule has 0 bridgehead atoms. The lowest BCUT2D eigenvalue weighted by Gasteiger charge is -2.33. The first-order valence-corrected chi connectivity index (χ1v) is 8.07. The minimum Gasteiger partial charge on any atom is -0.380 e. The third-order valence-electron chi connectivity index (χ3n) is 5.14. The van der Waals surface area contributed by atoms with Crippen molar-refractivity contribution < 1.29 is 4.74 Å². The minimum absolute atomic E-state index is 0.0100. The summed E-state index contributed by atoms with van der Waals surface area (Å²) in [5.41, 5.74) is 8.56. The summed E-state index contributed by atoms with van der Waals surface area (Å²) in [4.78, 5) is 0. The molecule has 0 aliphatic heterocycles. The number of benzene rings is 1. The Kier molecular flexibility index (Phi) is 4.90. The third-order valence-corrected chi connectivity index (χ3v) is 5.14. The molecule has 1 aliphatic rings. The Labute approximate surface area is 129 Å². The number of ether oxygens (including phenoxy) is 1. The molecular formula is C19H29NO. The van der Waals surface area contributed by atoms with Crippen LogP contribution in [0.5, 0.6) is 0 Å². The van der Waals surface area contributed by atoms with E-state index in [0.717, 1.165) is 26.3 Å². The molecule has 1 aromatic rings. The molecule has 2 heteroatoms. The summed E-state index contributed by atoms with van der Waals surface area (Å²) in [5, 5.41) is 3.55. The zero-order chi connectivity index (χ0) is 15.6. The molecule has 1 aliphatic carbocycles. The van der Waals surface area contributed by atoms with Crippen molar-refractivity contribution in [1.82, 2.24) is 5.32 Å². The van der Waals surface area contributed by atoms with Gasteiger partial charge in [-0.2, -0.15) is 0 Å². The molecule has 0 saturated heterocycles. The number of hydrogen-bond donors (Lipinski definition) is 1. The molecule has 0 fully saturated rings. The number of hydrogen-bond acceptors (Lipinski definition) is 2. The van der Waals surface area contributed by atoms with Crippen molar-refractivity contribution in [2.45, 2.75) is 47.0 Å². The highest BCUT2D eigenvalue weighted by atomic mass is 16.5. The van der Waals surface area contributed by atoms with Gasteiger partial charge in [-0.3, -0.25) is 0 Å². The Morgan fingerprint density at radius 1 is 1.10 bits per heavy atom. The second kappa shape index (κ2) is 6.33. The van der Waals surface area contributed by atoms with E-state index in [1.54, 1.807) is 0 Å². The van der Waals surface area contributed by atoms with Crippen molar-refractivity contribution in [3.8, 4) is 0 Å². The molecule has 0 amide bonds. The summed E-state index contributed by atoms with van der Waals surface area (Å²) >= 11 is 0. The topological polar surface area (TPSA) is 21.3 Å². The molecule has 1 atom stereocenters. The fourth-order valence-electron chi connectivity index (χ4n) is 3.53. The van der Waals surface area contributed by atoms with Gasteiger partial charge in [-0.15, -0.1) is 0 Å². The van der Waals surface area contributed by atoms with Crippen molar-refractivity contribution >= 4 is 5.57 Å². The van der Waals surface area contributed by atoms with Gasteiger partial charge in [0.15, 0.2) is 0 Å². The number of aryl methyl sites for hydroxylation is 1. The van der Waals surface area contributed by atoms with Crippen molar-refractivity contribution in [2.75, 3.05) is 26.3 Å². The van der Waals surface area contributed by atoms with Gasteiger partial charge in [-0.25, -0.2) is 0 Å². The van der Waals surface area contributed by atoms with Crippen LogP contribution in [-0.4, -0.2) is 26.3 Å². The highest BCUT2D eigenvalue weighted by molar-refractivity contribution is 5.81. The Morgan fingerprint density at radius 2 is 1.81 bits per heavy atom. The normalized spacial score (nSPS) is 21.0. The molecule has 0 heterocycles. The number of rotatable bonds is 6.